The predicted octanol–water partition coefficient (Wildman–Crippen LogP) is 13.4. The van der Waals surface area contributed by atoms with Crippen molar-refractivity contribution in [3.05, 3.63) is 108 Å². The summed E-state index contributed by atoms with van der Waals surface area (Å²) in [6.07, 6.45) is 13.6. The van der Waals surface area contributed by atoms with Crippen LogP contribution in [0.2, 0.25) is 0 Å². The maximum atomic E-state index is 11.8. The molecule has 1 N–H and O–H groups in total. The van der Waals surface area contributed by atoms with Gasteiger partial charge >= 0.3 is 11.9 Å². The molecule has 2 saturated heterocycles. The fraction of sp³-hybridized carbons (Fsp3) is 0.559. The molecule has 0 spiro atoms. The first-order chi connectivity index (χ1) is 32.1. The van der Waals surface area contributed by atoms with E-state index in [0.717, 1.165) is 114 Å². The minimum atomic E-state index is -0.651. The van der Waals surface area contributed by atoms with Crippen LogP contribution in [0.15, 0.2) is 97.1 Å². The van der Waals surface area contributed by atoms with Crippen LogP contribution in [-0.4, -0.2) is 72.3 Å². The average Bonchev–Trinajstić information content (AvgIpc) is 3.32. The van der Waals surface area contributed by atoms with Gasteiger partial charge in [-0.1, -0.05) is 102 Å². The van der Waals surface area contributed by atoms with Crippen molar-refractivity contribution < 1.29 is 28.9 Å². The van der Waals surface area contributed by atoms with Crippen molar-refractivity contribution in [3.63, 3.8) is 0 Å². The lowest BCUT2D eigenvalue weighted by Gasteiger charge is -2.37. The summed E-state index contributed by atoms with van der Waals surface area (Å²) in [5.41, 5.74) is 8.25. The Bertz CT molecular complexity index is 2160. The van der Waals surface area contributed by atoms with E-state index in [4.69, 9.17) is 14.2 Å². The molecule has 67 heavy (non-hydrogen) atoms. The van der Waals surface area contributed by atoms with Crippen LogP contribution in [0, 0.1) is 34.5 Å². The Morgan fingerprint density at radius 2 is 0.881 bits per heavy atom. The molecule has 0 radical (unpaired) electrons. The highest BCUT2D eigenvalue weighted by Gasteiger charge is 2.32. The molecule has 362 valence electrons. The molecule has 8 heteroatoms. The Morgan fingerprint density at radius 1 is 0.507 bits per heavy atom. The van der Waals surface area contributed by atoms with E-state index in [2.05, 4.69) is 148 Å². The van der Waals surface area contributed by atoms with Crippen LogP contribution in [0.1, 0.15) is 130 Å². The smallest absolute Gasteiger partial charge is 0.308 e. The normalized spacial score (nSPS) is 22.6. The largest absolute Gasteiger partial charge is 0.490 e. The van der Waals surface area contributed by atoms with Crippen molar-refractivity contribution in [1.82, 2.24) is 9.80 Å². The second-order valence-corrected chi connectivity index (χ2v) is 22.3. The van der Waals surface area contributed by atoms with E-state index in [9.17, 15) is 14.7 Å². The lowest BCUT2D eigenvalue weighted by Crippen LogP contribution is -2.36. The number of benzene rings is 4. The second kappa shape index (κ2) is 23.1. The van der Waals surface area contributed by atoms with Gasteiger partial charge in [-0.25, -0.2) is 0 Å². The van der Waals surface area contributed by atoms with Gasteiger partial charge in [-0.15, -0.1) is 0 Å². The molecule has 4 fully saturated rings. The topological polar surface area (TPSA) is 88.5 Å². The number of carbonyl (C=O) groups excluding carboxylic acids is 1. The van der Waals surface area contributed by atoms with Gasteiger partial charge in [0.05, 0.1) is 31.2 Å². The fourth-order valence-corrected chi connectivity index (χ4v) is 11.0. The second-order valence-electron chi connectivity index (χ2n) is 22.3. The number of carbonyl (C=O) groups is 2. The monoisotopic (exact) mass is 913 g/mol. The van der Waals surface area contributed by atoms with Crippen LogP contribution in [0.25, 0.3) is 22.3 Å². The van der Waals surface area contributed by atoms with E-state index in [0.29, 0.717) is 23.0 Å². The number of nitrogens with zero attached hydrogens (tertiary/aromatic N) is 2. The highest BCUT2D eigenvalue weighted by Crippen LogP contribution is 2.40. The predicted molar refractivity (Wildman–Crippen MR) is 271 cm³/mol. The van der Waals surface area contributed by atoms with Crippen molar-refractivity contribution in [2.45, 2.75) is 144 Å². The number of likely N-dealkylation sites (tertiary alicyclic amines) is 2. The molecule has 0 bridgehead atoms. The Morgan fingerprint density at radius 3 is 1.22 bits per heavy atom. The van der Waals surface area contributed by atoms with Crippen molar-refractivity contribution >= 4 is 11.9 Å². The lowest BCUT2D eigenvalue weighted by atomic mass is 9.72. The van der Waals surface area contributed by atoms with Gasteiger partial charge in [0.15, 0.2) is 0 Å². The van der Waals surface area contributed by atoms with Gasteiger partial charge in [0.1, 0.15) is 11.5 Å². The molecule has 8 rings (SSSR count). The lowest BCUT2D eigenvalue weighted by molar-refractivity contribution is -0.147. The number of methoxy groups -OCH3 is 1. The van der Waals surface area contributed by atoms with E-state index in [1.165, 1.54) is 66.2 Å². The van der Waals surface area contributed by atoms with Crippen LogP contribution in [0.4, 0.5) is 0 Å². The van der Waals surface area contributed by atoms with E-state index in [1.807, 2.05) is 0 Å². The first-order valence-electron chi connectivity index (χ1n) is 25.6. The summed E-state index contributed by atoms with van der Waals surface area (Å²) in [6, 6.07) is 34.6. The number of aliphatic carboxylic acids is 1. The molecule has 2 saturated carbocycles. The highest BCUT2D eigenvalue weighted by atomic mass is 16.5. The summed E-state index contributed by atoms with van der Waals surface area (Å²) in [5, 5.41) is 9.20. The van der Waals surface area contributed by atoms with Crippen LogP contribution < -0.4 is 9.47 Å². The number of hydrogen-bond donors (Lipinski definition) is 1. The SMILES string of the molecule is CC(C)(C)C1CCC(Oc2ccc(-c3cccc(CN4CCC(C(=O)O)CC4)c3)cc2)CC1.COC(=O)C1CCN(Cc2cccc(-c3ccc(OC4CCC(C(C)(C)C)CC4)cc3)c2)CC1. The number of carboxylic acid groups (broad SMARTS) is 1. The Balaban J connectivity index is 0.000000199. The molecule has 0 unspecified atom stereocenters. The van der Waals surface area contributed by atoms with E-state index in [-0.39, 0.29) is 17.8 Å². The number of esters is 1. The number of piperidine rings is 2. The minimum Gasteiger partial charge on any atom is -0.490 e. The van der Waals surface area contributed by atoms with Gasteiger partial charge in [0.2, 0.25) is 0 Å². The molecule has 2 aliphatic heterocycles. The quantitative estimate of drug-likeness (QED) is 0.141. The fourth-order valence-electron chi connectivity index (χ4n) is 11.0. The van der Waals surface area contributed by atoms with Crippen molar-refractivity contribution in [3.8, 4) is 33.8 Å². The van der Waals surface area contributed by atoms with Gasteiger partial charge in [-0.3, -0.25) is 19.4 Å². The molecular weight excluding hydrogens is 833 g/mol. The van der Waals surface area contributed by atoms with Crippen LogP contribution >= 0.6 is 0 Å². The minimum absolute atomic E-state index is 0.0573. The number of rotatable bonds is 12. The maximum absolute atomic E-state index is 11.8. The zero-order chi connectivity index (χ0) is 47.6. The zero-order valence-corrected chi connectivity index (χ0v) is 41.8. The van der Waals surface area contributed by atoms with Gasteiger partial charge in [-0.2, -0.15) is 0 Å². The van der Waals surface area contributed by atoms with Crippen LogP contribution in [0.3, 0.4) is 0 Å². The molecule has 4 aromatic rings. The van der Waals surface area contributed by atoms with Gasteiger partial charge < -0.3 is 19.3 Å². The average molecular weight is 913 g/mol. The Hall–Kier alpha value is -4.66. The van der Waals surface area contributed by atoms with Crippen molar-refractivity contribution in [2.75, 3.05) is 33.3 Å². The number of carboxylic acids is 1. The van der Waals surface area contributed by atoms with E-state index >= 15 is 0 Å². The third kappa shape index (κ3) is 14.7. The zero-order valence-electron chi connectivity index (χ0n) is 41.8. The van der Waals surface area contributed by atoms with Crippen LogP contribution in [-0.2, 0) is 27.4 Å². The third-order valence-electron chi connectivity index (χ3n) is 15.5. The van der Waals surface area contributed by atoms with E-state index in [1.54, 1.807) is 0 Å². The maximum Gasteiger partial charge on any atom is 0.308 e. The van der Waals surface area contributed by atoms with Crippen LogP contribution in [0.5, 0.6) is 11.5 Å². The summed E-state index contributed by atoms with van der Waals surface area (Å²) in [6.45, 7) is 19.5. The third-order valence-corrected chi connectivity index (χ3v) is 15.5. The summed E-state index contributed by atoms with van der Waals surface area (Å²) >= 11 is 0. The van der Waals surface area contributed by atoms with E-state index < -0.39 is 5.97 Å². The first-order valence-corrected chi connectivity index (χ1v) is 25.6. The van der Waals surface area contributed by atoms with Crippen molar-refractivity contribution in [1.29, 1.82) is 0 Å². The molecule has 8 nitrogen and oxygen atoms in total. The molecule has 0 aromatic heterocycles. The molecule has 0 atom stereocenters. The van der Waals surface area contributed by atoms with Gasteiger partial charge in [-0.05, 0) is 196 Å². The molecule has 0 amide bonds. The molecular formula is C59H80N2O6. The Labute approximate surface area is 402 Å². The molecule has 2 aliphatic carbocycles. The summed E-state index contributed by atoms with van der Waals surface area (Å²) in [5.74, 6) is 2.72. The number of ether oxygens (including phenoxy) is 3. The summed E-state index contributed by atoms with van der Waals surface area (Å²) in [7, 11) is 1.48. The molecule has 2 heterocycles. The first kappa shape index (κ1) is 50.2. The summed E-state index contributed by atoms with van der Waals surface area (Å²) < 4.78 is 17.5. The van der Waals surface area contributed by atoms with Gasteiger partial charge in [0.25, 0.3) is 0 Å². The standard InChI is InChI=1S/C30H41NO3.C29H39NO3/c1-30(2,3)26-10-14-28(15-11-26)34-27-12-8-23(9-13-27)25-7-5-6-22(20-25)21-31-18-16-24(17-19-31)29(32)33-4;1-29(2,3)25-9-13-27(14-10-25)33-26-11-7-22(8-12-26)24-6-4-5-21(19-24)20-30-17-15-23(16-18-30)28(31)32/h5-9,12-13,20,24,26,28H,10-11,14-19,21H2,1-4H3;4-8,11-12,19,23,25,27H,9-10,13-18,20H2,1-3H3,(H,31,32). The summed E-state index contributed by atoms with van der Waals surface area (Å²) in [4.78, 5) is 27.7. The Kier molecular flexibility index (Phi) is 17.3. The van der Waals surface area contributed by atoms with Gasteiger partial charge in [0, 0.05) is 13.1 Å². The van der Waals surface area contributed by atoms with Crippen molar-refractivity contribution in [2.24, 2.45) is 34.5 Å². The molecule has 4 aromatic carbocycles. The number of hydrogen-bond acceptors (Lipinski definition) is 7. The highest BCUT2D eigenvalue weighted by molar-refractivity contribution is 5.72. The molecule has 4 aliphatic rings.